The number of nitrogens with two attached hydrogens (primary N) is 1. The van der Waals surface area contributed by atoms with E-state index in [1.54, 1.807) is 16.8 Å². The van der Waals surface area contributed by atoms with Gasteiger partial charge in [-0.2, -0.15) is 0 Å². The van der Waals surface area contributed by atoms with Gasteiger partial charge in [0.15, 0.2) is 0 Å². The molecule has 9 nitrogen and oxygen atoms in total. The van der Waals surface area contributed by atoms with Gasteiger partial charge < -0.3 is 10.2 Å². The lowest BCUT2D eigenvalue weighted by Crippen LogP contribution is -2.35. The molecular weight excluding hydrogens is 464 g/mol. The molecule has 0 spiro atoms. The molecular formula is C25H32N6O3S. The molecule has 1 fully saturated rings. The Hall–Kier alpha value is -3.08. The van der Waals surface area contributed by atoms with Crippen LogP contribution in [0.4, 0.5) is 0 Å². The highest BCUT2D eigenvalue weighted by Crippen LogP contribution is 2.17. The molecule has 0 bridgehead atoms. The minimum atomic E-state index is -3.81. The van der Waals surface area contributed by atoms with Crippen LogP contribution < -0.4 is 10.5 Å². The van der Waals surface area contributed by atoms with Gasteiger partial charge in [0.2, 0.25) is 15.8 Å². The van der Waals surface area contributed by atoms with Crippen LogP contribution in [-0.2, 0) is 16.4 Å². The molecule has 3 N–H and O–H groups in total. The first kappa shape index (κ1) is 25.0. The molecule has 0 atom stereocenters. The van der Waals surface area contributed by atoms with E-state index in [1.807, 2.05) is 30.3 Å². The zero-order chi connectivity index (χ0) is 24.8. The smallest absolute Gasteiger partial charge is 0.290 e. The number of nitrogens with zero attached hydrogens (tertiary/aromatic N) is 4. The predicted octanol–water partition coefficient (Wildman–Crippen LogP) is 2.36. The SMILES string of the molecule is CC1CCN(CCCNC(=O)c2nc(Cc3ccccc3)n(-c3ccc(S(N)(=O)=O)cc3)n2)CC1. The van der Waals surface area contributed by atoms with Gasteiger partial charge in [-0.1, -0.05) is 37.3 Å². The molecule has 2 aromatic carbocycles. The maximum atomic E-state index is 12.8. The van der Waals surface area contributed by atoms with Crippen LogP contribution in [0, 0.1) is 5.92 Å². The molecule has 10 heteroatoms. The van der Waals surface area contributed by atoms with Crippen LogP contribution in [0.15, 0.2) is 59.5 Å². The van der Waals surface area contributed by atoms with Crippen molar-refractivity contribution in [3.05, 3.63) is 71.8 Å². The third-order valence-electron chi connectivity index (χ3n) is 6.31. The van der Waals surface area contributed by atoms with Crippen LogP contribution in [-0.4, -0.2) is 60.2 Å². The number of aromatic nitrogens is 3. The molecule has 3 aromatic rings. The summed E-state index contributed by atoms with van der Waals surface area (Å²) in [5, 5.41) is 12.6. The van der Waals surface area contributed by atoms with E-state index >= 15 is 0 Å². The molecule has 0 saturated carbocycles. The molecule has 2 heterocycles. The van der Waals surface area contributed by atoms with Gasteiger partial charge in [0.25, 0.3) is 5.91 Å². The van der Waals surface area contributed by atoms with Gasteiger partial charge in [0.1, 0.15) is 5.82 Å². The number of sulfonamides is 1. The monoisotopic (exact) mass is 496 g/mol. The number of likely N-dealkylation sites (tertiary alicyclic amines) is 1. The van der Waals surface area contributed by atoms with Crippen molar-refractivity contribution < 1.29 is 13.2 Å². The summed E-state index contributed by atoms with van der Waals surface area (Å²) in [5.41, 5.74) is 1.61. The maximum absolute atomic E-state index is 12.8. The highest BCUT2D eigenvalue weighted by molar-refractivity contribution is 7.89. The summed E-state index contributed by atoms with van der Waals surface area (Å²) in [6.45, 7) is 6.05. The van der Waals surface area contributed by atoms with Crippen LogP contribution in [0.5, 0.6) is 0 Å². The number of amides is 1. The van der Waals surface area contributed by atoms with Crippen molar-refractivity contribution in [3.8, 4) is 5.69 Å². The third-order valence-corrected chi connectivity index (χ3v) is 7.23. The molecule has 1 amide bonds. The lowest BCUT2D eigenvalue weighted by molar-refractivity contribution is 0.0940. The van der Waals surface area contributed by atoms with Gasteiger partial charge in [-0.05, 0) is 74.6 Å². The Balaban J connectivity index is 1.46. The van der Waals surface area contributed by atoms with Crippen molar-refractivity contribution in [1.82, 2.24) is 25.0 Å². The van der Waals surface area contributed by atoms with E-state index in [2.05, 4.69) is 27.2 Å². The van der Waals surface area contributed by atoms with Gasteiger partial charge in [-0.15, -0.1) is 5.10 Å². The summed E-state index contributed by atoms with van der Waals surface area (Å²) in [4.78, 5) is 19.8. The maximum Gasteiger partial charge on any atom is 0.290 e. The molecule has 1 aliphatic rings. The van der Waals surface area contributed by atoms with Crippen molar-refractivity contribution >= 4 is 15.9 Å². The zero-order valence-electron chi connectivity index (χ0n) is 19.9. The van der Waals surface area contributed by atoms with Gasteiger partial charge >= 0.3 is 0 Å². The second-order valence-electron chi connectivity index (χ2n) is 9.10. The lowest BCUT2D eigenvalue weighted by Gasteiger charge is -2.30. The van der Waals surface area contributed by atoms with Crippen LogP contribution in [0.25, 0.3) is 5.69 Å². The van der Waals surface area contributed by atoms with Crippen molar-refractivity contribution in [1.29, 1.82) is 0 Å². The average Bonchev–Trinajstić information content (AvgIpc) is 3.27. The summed E-state index contributed by atoms with van der Waals surface area (Å²) in [7, 11) is -3.81. The number of carbonyl (C=O) groups is 1. The first-order valence-electron chi connectivity index (χ1n) is 11.9. The third kappa shape index (κ3) is 6.74. The fourth-order valence-electron chi connectivity index (χ4n) is 4.19. The largest absolute Gasteiger partial charge is 0.349 e. The number of nitrogens with one attached hydrogen (secondary N) is 1. The number of benzene rings is 2. The van der Waals surface area contributed by atoms with Crippen LogP contribution >= 0.6 is 0 Å². The topological polar surface area (TPSA) is 123 Å². The summed E-state index contributed by atoms with van der Waals surface area (Å²) in [5.74, 6) is 1.13. The van der Waals surface area contributed by atoms with E-state index in [-0.39, 0.29) is 16.6 Å². The van der Waals surface area contributed by atoms with Gasteiger partial charge in [-0.3, -0.25) is 4.79 Å². The molecule has 186 valence electrons. The highest BCUT2D eigenvalue weighted by Gasteiger charge is 2.19. The average molecular weight is 497 g/mol. The number of primary sulfonamides is 1. The molecule has 4 rings (SSSR count). The second kappa shape index (κ2) is 11.1. The Bertz CT molecular complexity index is 1230. The normalized spacial score (nSPS) is 15.3. The number of rotatable bonds is 9. The molecule has 0 unspecified atom stereocenters. The van der Waals surface area contributed by atoms with E-state index in [1.165, 1.54) is 25.0 Å². The van der Waals surface area contributed by atoms with Crippen LogP contribution in [0.1, 0.15) is 48.2 Å². The Kier molecular flexibility index (Phi) is 7.94. The minimum Gasteiger partial charge on any atom is -0.349 e. The van der Waals surface area contributed by atoms with E-state index in [0.29, 0.717) is 24.5 Å². The Labute approximate surface area is 206 Å². The highest BCUT2D eigenvalue weighted by atomic mass is 32.2. The number of hydrogen-bond donors (Lipinski definition) is 2. The molecule has 0 radical (unpaired) electrons. The van der Waals surface area contributed by atoms with E-state index in [0.717, 1.165) is 37.5 Å². The van der Waals surface area contributed by atoms with Crippen LogP contribution in [0.3, 0.4) is 0 Å². The Morgan fingerprint density at radius 1 is 1.09 bits per heavy atom. The first-order chi connectivity index (χ1) is 16.8. The van der Waals surface area contributed by atoms with E-state index < -0.39 is 10.0 Å². The lowest BCUT2D eigenvalue weighted by atomic mass is 9.99. The quantitative estimate of drug-likeness (QED) is 0.439. The van der Waals surface area contributed by atoms with Crippen molar-refractivity contribution in [2.24, 2.45) is 11.1 Å². The molecule has 1 aliphatic heterocycles. The second-order valence-corrected chi connectivity index (χ2v) is 10.7. The Morgan fingerprint density at radius 2 is 1.77 bits per heavy atom. The molecule has 0 aliphatic carbocycles. The van der Waals surface area contributed by atoms with E-state index in [4.69, 9.17) is 5.14 Å². The van der Waals surface area contributed by atoms with Gasteiger partial charge in [0.05, 0.1) is 10.6 Å². The first-order valence-corrected chi connectivity index (χ1v) is 13.5. The molecule has 1 saturated heterocycles. The standard InChI is InChI=1S/C25H32N6O3S/c1-19-12-16-30(17-13-19)15-5-14-27-25(32)24-28-23(18-20-6-3-2-4-7-20)31(29-24)21-8-10-22(11-9-21)35(26,33)34/h2-4,6-11,19H,5,12-18H2,1H3,(H,27,32)(H2,26,33,34). The number of carbonyl (C=O) groups excluding carboxylic acids is 1. The molecule has 1 aromatic heterocycles. The minimum absolute atomic E-state index is 0.00658. The summed E-state index contributed by atoms with van der Waals surface area (Å²) in [6.07, 6.45) is 3.80. The predicted molar refractivity (Wildman–Crippen MR) is 134 cm³/mol. The summed E-state index contributed by atoms with van der Waals surface area (Å²) < 4.78 is 24.8. The van der Waals surface area contributed by atoms with Gasteiger partial charge in [0, 0.05) is 13.0 Å². The van der Waals surface area contributed by atoms with Crippen molar-refractivity contribution in [2.45, 2.75) is 37.5 Å². The van der Waals surface area contributed by atoms with Crippen molar-refractivity contribution in [3.63, 3.8) is 0 Å². The molecule has 35 heavy (non-hydrogen) atoms. The van der Waals surface area contributed by atoms with Gasteiger partial charge in [-0.25, -0.2) is 23.2 Å². The van der Waals surface area contributed by atoms with E-state index in [9.17, 15) is 13.2 Å². The fourth-order valence-corrected chi connectivity index (χ4v) is 4.70. The number of hydrogen-bond acceptors (Lipinski definition) is 6. The van der Waals surface area contributed by atoms with Crippen LogP contribution in [0.2, 0.25) is 0 Å². The summed E-state index contributed by atoms with van der Waals surface area (Å²) >= 11 is 0. The Morgan fingerprint density at radius 3 is 2.43 bits per heavy atom. The summed E-state index contributed by atoms with van der Waals surface area (Å²) in [6, 6.07) is 15.8. The number of piperidine rings is 1. The zero-order valence-corrected chi connectivity index (χ0v) is 20.7. The fraction of sp³-hybridized carbons (Fsp3) is 0.400. The van der Waals surface area contributed by atoms with Crippen molar-refractivity contribution in [2.75, 3.05) is 26.2 Å².